The first kappa shape index (κ1) is 42.3. The molecule has 43 heavy (non-hydrogen) atoms. The van der Waals surface area contributed by atoms with E-state index in [4.69, 9.17) is 0 Å². The van der Waals surface area contributed by atoms with E-state index in [2.05, 4.69) is 19.2 Å². The highest BCUT2D eigenvalue weighted by atomic mass is 16.3. The van der Waals surface area contributed by atoms with Gasteiger partial charge in [-0.3, -0.25) is 4.79 Å². The van der Waals surface area contributed by atoms with Crippen LogP contribution in [0, 0.1) is 0 Å². The van der Waals surface area contributed by atoms with Crippen molar-refractivity contribution < 1.29 is 25.2 Å². The van der Waals surface area contributed by atoms with Crippen molar-refractivity contribution in [1.29, 1.82) is 0 Å². The standard InChI is InChI=1S/C37H75NO5/c1-3-5-7-9-11-13-14-15-16-17-18-19-20-21-23-24-26-28-30-34(40)36(42)33(32-39)38-37(43)35(41)31-29-27-25-22-12-10-8-6-4-2/h33-36,39-42H,3-32H2,1-2H3,(H,38,43). The van der Waals surface area contributed by atoms with Crippen LogP contribution in [0.4, 0.5) is 0 Å². The van der Waals surface area contributed by atoms with E-state index in [1.54, 1.807) is 0 Å². The predicted molar refractivity (Wildman–Crippen MR) is 182 cm³/mol. The molecule has 0 radical (unpaired) electrons. The summed E-state index contributed by atoms with van der Waals surface area (Å²) in [5.74, 6) is -0.585. The summed E-state index contributed by atoms with van der Waals surface area (Å²) in [5.41, 5.74) is 0. The van der Waals surface area contributed by atoms with Crippen LogP contribution < -0.4 is 5.32 Å². The molecule has 0 bridgehead atoms. The molecule has 258 valence electrons. The van der Waals surface area contributed by atoms with E-state index < -0.39 is 36.9 Å². The second-order valence-electron chi connectivity index (χ2n) is 13.3. The van der Waals surface area contributed by atoms with Crippen LogP contribution in [-0.4, -0.2) is 57.3 Å². The highest BCUT2D eigenvalue weighted by molar-refractivity contribution is 5.80. The van der Waals surface area contributed by atoms with Gasteiger partial charge in [0.2, 0.25) is 5.91 Å². The van der Waals surface area contributed by atoms with Gasteiger partial charge in [-0.25, -0.2) is 0 Å². The normalized spacial score (nSPS) is 14.5. The lowest BCUT2D eigenvalue weighted by Gasteiger charge is -2.27. The van der Waals surface area contributed by atoms with Gasteiger partial charge in [-0.2, -0.15) is 0 Å². The molecule has 6 heteroatoms. The van der Waals surface area contributed by atoms with Crippen LogP contribution >= 0.6 is 0 Å². The van der Waals surface area contributed by atoms with Crippen LogP contribution in [0.3, 0.4) is 0 Å². The Kier molecular flexibility index (Phi) is 32.2. The zero-order valence-electron chi connectivity index (χ0n) is 28.7. The Hall–Kier alpha value is -0.690. The zero-order chi connectivity index (χ0) is 31.8. The van der Waals surface area contributed by atoms with Crippen LogP contribution in [0.15, 0.2) is 0 Å². The number of unbranched alkanes of at least 4 members (excludes halogenated alkanes) is 25. The third-order valence-electron chi connectivity index (χ3n) is 9.07. The molecule has 0 spiro atoms. The van der Waals surface area contributed by atoms with Gasteiger partial charge in [0, 0.05) is 0 Å². The molecular formula is C37H75NO5. The van der Waals surface area contributed by atoms with E-state index in [0.717, 1.165) is 38.5 Å². The van der Waals surface area contributed by atoms with Gasteiger partial charge >= 0.3 is 0 Å². The Morgan fingerprint density at radius 1 is 0.488 bits per heavy atom. The highest BCUT2D eigenvalue weighted by Crippen LogP contribution is 2.16. The van der Waals surface area contributed by atoms with Gasteiger partial charge in [0.05, 0.1) is 18.8 Å². The number of carbonyl (C=O) groups is 1. The molecule has 0 aliphatic heterocycles. The van der Waals surface area contributed by atoms with Crippen molar-refractivity contribution in [1.82, 2.24) is 5.32 Å². The third-order valence-corrected chi connectivity index (χ3v) is 9.07. The largest absolute Gasteiger partial charge is 0.394 e. The van der Waals surface area contributed by atoms with Crippen molar-refractivity contribution >= 4 is 5.91 Å². The van der Waals surface area contributed by atoms with E-state index >= 15 is 0 Å². The lowest BCUT2D eigenvalue weighted by molar-refractivity contribution is -0.132. The molecule has 0 rings (SSSR count). The lowest BCUT2D eigenvalue weighted by atomic mass is 9.99. The molecular weight excluding hydrogens is 538 g/mol. The van der Waals surface area contributed by atoms with E-state index in [9.17, 15) is 25.2 Å². The monoisotopic (exact) mass is 614 g/mol. The van der Waals surface area contributed by atoms with Gasteiger partial charge in [-0.05, 0) is 12.8 Å². The quantitative estimate of drug-likeness (QED) is 0.0466. The molecule has 0 fully saturated rings. The molecule has 0 saturated heterocycles. The number of rotatable bonds is 34. The van der Waals surface area contributed by atoms with Crippen molar-refractivity contribution in [3.8, 4) is 0 Å². The average molecular weight is 614 g/mol. The summed E-state index contributed by atoms with van der Waals surface area (Å²) in [6.07, 6.45) is 31.3. The minimum Gasteiger partial charge on any atom is -0.394 e. The number of carbonyl (C=O) groups excluding carboxylic acids is 1. The first-order valence-corrected chi connectivity index (χ1v) is 18.9. The maximum absolute atomic E-state index is 12.4. The average Bonchev–Trinajstić information content (AvgIpc) is 3.01. The van der Waals surface area contributed by atoms with Crippen molar-refractivity contribution in [2.24, 2.45) is 0 Å². The first-order chi connectivity index (χ1) is 21.0. The summed E-state index contributed by atoms with van der Waals surface area (Å²) in [6, 6.07) is -0.976. The lowest BCUT2D eigenvalue weighted by Crippen LogP contribution is -2.53. The second-order valence-corrected chi connectivity index (χ2v) is 13.3. The molecule has 0 aliphatic rings. The molecule has 0 aliphatic carbocycles. The summed E-state index contributed by atoms with van der Waals surface area (Å²) < 4.78 is 0. The van der Waals surface area contributed by atoms with E-state index in [1.807, 2.05) is 0 Å². The Labute approximate surface area is 267 Å². The third kappa shape index (κ3) is 27.4. The number of aliphatic hydroxyl groups excluding tert-OH is 4. The molecule has 0 heterocycles. The molecule has 0 saturated carbocycles. The maximum atomic E-state index is 12.4. The number of amides is 1. The Morgan fingerprint density at radius 2 is 0.791 bits per heavy atom. The van der Waals surface area contributed by atoms with E-state index in [1.165, 1.54) is 135 Å². The Bertz CT molecular complexity index is 575. The maximum Gasteiger partial charge on any atom is 0.249 e. The fourth-order valence-electron chi connectivity index (χ4n) is 5.99. The summed E-state index contributed by atoms with van der Waals surface area (Å²) in [4.78, 5) is 12.4. The van der Waals surface area contributed by atoms with Crippen molar-refractivity contribution in [2.75, 3.05) is 6.61 Å². The van der Waals surface area contributed by atoms with Gasteiger partial charge in [0.15, 0.2) is 0 Å². The Morgan fingerprint density at radius 3 is 1.12 bits per heavy atom. The van der Waals surface area contributed by atoms with Gasteiger partial charge in [-0.15, -0.1) is 0 Å². The fourth-order valence-corrected chi connectivity index (χ4v) is 5.99. The molecule has 0 aromatic rings. The topological polar surface area (TPSA) is 110 Å². The zero-order valence-corrected chi connectivity index (χ0v) is 28.7. The molecule has 0 aromatic heterocycles. The van der Waals surface area contributed by atoms with Crippen molar-refractivity contribution in [3.63, 3.8) is 0 Å². The Balaban J connectivity index is 3.73. The van der Waals surface area contributed by atoms with Gasteiger partial charge in [0.1, 0.15) is 12.2 Å². The van der Waals surface area contributed by atoms with Gasteiger partial charge in [0.25, 0.3) is 0 Å². The summed E-state index contributed by atoms with van der Waals surface area (Å²) >= 11 is 0. The second kappa shape index (κ2) is 32.7. The number of hydrogen-bond donors (Lipinski definition) is 5. The number of aliphatic hydroxyl groups is 4. The molecule has 6 nitrogen and oxygen atoms in total. The first-order valence-electron chi connectivity index (χ1n) is 18.9. The molecule has 5 N–H and O–H groups in total. The predicted octanol–water partition coefficient (Wildman–Crippen LogP) is 8.90. The highest BCUT2D eigenvalue weighted by Gasteiger charge is 2.28. The summed E-state index contributed by atoms with van der Waals surface area (Å²) in [5, 5.41) is 43.4. The van der Waals surface area contributed by atoms with E-state index in [-0.39, 0.29) is 0 Å². The van der Waals surface area contributed by atoms with E-state index in [0.29, 0.717) is 12.8 Å². The van der Waals surface area contributed by atoms with Crippen LogP contribution in [0.25, 0.3) is 0 Å². The molecule has 0 aromatic carbocycles. The minimum absolute atomic E-state index is 0.373. The summed E-state index contributed by atoms with van der Waals surface area (Å²) in [6.45, 7) is 4.01. The fraction of sp³-hybridized carbons (Fsp3) is 0.973. The molecule has 4 atom stereocenters. The smallest absolute Gasteiger partial charge is 0.249 e. The van der Waals surface area contributed by atoms with Crippen LogP contribution in [0.5, 0.6) is 0 Å². The molecule has 4 unspecified atom stereocenters. The van der Waals surface area contributed by atoms with Crippen LogP contribution in [-0.2, 0) is 4.79 Å². The van der Waals surface area contributed by atoms with Crippen LogP contribution in [0.1, 0.15) is 200 Å². The van der Waals surface area contributed by atoms with Gasteiger partial charge in [-0.1, -0.05) is 187 Å². The SMILES string of the molecule is CCCCCCCCCCCCCCCCCCCCC(O)C(O)C(CO)NC(=O)C(O)CCCCCCCCCCC. The minimum atomic E-state index is -1.25. The molecule has 1 amide bonds. The van der Waals surface area contributed by atoms with Gasteiger partial charge < -0.3 is 25.7 Å². The number of hydrogen-bond acceptors (Lipinski definition) is 5. The summed E-state index contributed by atoms with van der Waals surface area (Å²) in [7, 11) is 0. The van der Waals surface area contributed by atoms with Crippen molar-refractivity contribution in [3.05, 3.63) is 0 Å². The van der Waals surface area contributed by atoms with Crippen LogP contribution in [0.2, 0.25) is 0 Å². The van der Waals surface area contributed by atoms with Crippen molar-refractivity contribution in [2.45, 2.75) is 224 Å². The number of nitrogens with one attached hydrogen (secondary N) is 1.